The molecule has 3 aromatic carbocycles. The van der Waals surface area contributed by atoms with Gasteiger partial charge in [0.15, 0.2) is 0 Å². The average Bonchev–Trinajstić information content (AvgIpc) is 2.70. The minimum atomic E-state index is -0.175. The summed E-state index contributed by atoms with van der Waals surface area (Å²) >= 11 is 6.14. The van der Waals surface area contributed by atoms with E-state index in [4.69, 9.17) is 16.6 Å². The standard InChI is InChI=1S/C26H23ClN2O/c1-15-5-8-19(9-6-15)24-14-22(21-12-16(2)11-18(4)25(21)28-24)26(30)29-23-13-20(27)10-7-17(23)3/h5-14H,1-4H3,(H,29,30). The number of halogens is 1. The van der Waals surface area contributed by atoms with Gasteiger partial charge < -0.3 is 5.32 Å². The first-order chi connectivity index (χ1) is 14.3. The van der Waals surface area contributed by atoms with Crippen LogP contribution in [0.4, 0.5) is 5.69 Å². The van der Waals surface area contributed by atoms with E-state index in [-0.39, 0.29) is 5.91 Å². The molecule has 30 heavy (non-hydrogen) atoms. The Balaban J connectivity index is 1.89. The van der Waals surface area contributed by atoms with Gasteiger partial charge in [0.2, 0.25) is 0 Å². The van der Waals surface area contributed by atoms with E-state index in [1.165, 1.54) is 5.56 Å². The van der Waals surface area contributed by atoms with Gasteiger partial charge in [-0.1, -0.05) is 59.1 Å². The van der Waals surface area contributed by atoms with Gasteiger partial charge in [0, 0.05) is 21.7 Å². The molecule has 0 radical (unpaired) electrons. The summed E-state index contributed by atoms with van der Waals surface area (Å²) in [6.07, 6.45) is 0. The van der Waals surface area contributed by atoms with Crippen molar-refractivity contribution in [3.63, 3.8) is 0 Å². The van der Waals surface area contributed by atoms with E-state index in [9.17, 15) is 4.79 Å². The Kier molecular flexibility index (Phi) is 5.31. The van der Waals surface area contributed by atoms with Crippen molar-refractivity contribution >= 4 is 34.1 Å². The number of carbonyl (C=O) groups excluding carboxylic acids is 1. The van der Waals surface area contributed by atoms with Crippen molar-refractivity contribution in [3.05, 3.63) is 93.5 Å². The number of benzene rings is 3. The number of rotatable bonds is 3. The van der Waals surface area contributed by atoms with Gasteiger partial charge >= 0.3 is 0 Å². The second kappa shape index (κ2) is 7.92. The molecule has 4 heteroatoms. The summed E-state index contributed by atoms with van der Waals surface area (Å²) in [7, 11) is 0. The predicted molar refractivity (Wildman–Crippen MR) is 126 cm³/mol. The lowest BCUT2D eigenvalue weighted by Crippen LogP contribution is -2.14. The molecule has 0 aliphatic rings. The summed E-state index contributed by atoms with van der Waals surface area (Å²) < 4.78 is 0. The number of anilines is 1. The number of carbonyl (C=O) groups is 1. The van der Waals surface area contributed by atoms with Gasteiger partial charge in [-0.05, 0) is 63.1 Å². The second-order valence-corrected chi connectivity index (χ2v) is 8.25. The third-order valence-electron chi connectivity index (χ3n) is 5.29. The molecule has 0 atom stereocenters. The topological polar surface area (TPSA) is 42.0 Å². The van der Waals surface area contributed by atoms with Crippen molar-refractivity contribution in [2.45, 2.75) is 27.7 Å². The number of aromatic nitrogens is 1. The highest BCUT2D eigenvalue weighted by molar-refractivity contribution is 6.31. The Morgan fingerprint density at radius 1 is 0.833 bits per heavy atom. The average molecular weight is 415 g/mol. The highest BCUT2D eigenvalue weighted by Gasteiger charge is 2.17. The highest BCUT2D eigenvalue weighted by Crippen LogP contribution is 2.29. The molecule has 0 aliphatic heterocycles. The number of fused-ring (bicyclic) bond motifs is 1. The van der Waals surface area contributed by atoms with Crippen LogP contribution in [0.15, 0.2) is 60.7 Å². The lowest BCUT2D eigenvalue weighted by molar-refractivity contribution is 0.102. The van der Waals surface area contributed by atoms with Gasteiger partial charge in [-0.25, -0.2) is 4.98 Å². The second-order valence-electron chi connectivity index (χ2n) is 7.81. The van der Waals surface area contributed by atoms with Crippen LogP contribution in [0.1, 0.15) is 32.6 Å². The molecule has 0 aliphatic carbocycles. The third kappa shape index (κ3) is 3.94. The van der Waals surface area contributed by atoms with Crippen molar-refractivity contribution in [2.24, 2.45) is 0 Å². The van der Waals surface area contributed by atoms with Gasteiger partial charge in [-0.2, -0.15) is 0 Å². The molecule has 1 aromatic heterocycles. The van der Waals surface area contributed by atoms with Gasteiger partial charge in [-0.15, -0.1) is 0 Å². The van der Waals surface area contributed by atoms with E-state index >= 15 is 0 Å². The van der Waals surface area contributed by atoms with Gasteiger partial charge in [-0.3, -0.25) is 4.79 Å². The summed E-state index contributed by atoms with van der Waals surface area (Å²) in [6, 6.07) is 19.7. The molecule has 1 amide bonds. The first-order valence-corrected chi connectivity index (χ1v) is 10.3. The molecule has 0 bridgehead atoms. The maximum Gasteiger partial charge on any atom is 0.256 e. The van der Waals surface area contributed by atoms with Crippen LogP contribution in [0.5, 0.6) is 0 Å². The van der Waals surface area contributed by atoms with Crippen LogP contribution in [-0.4, -0.2) is 10.9 Å². The fraction of sp³-hybridized carbons (Fsp3) is 0.154. The number of pyridine rings is 1. The summed E-state index contributed by atoms with van der Waals surface area (Å²) in [5.74, 6) is -0.175. The SMILES string of the molecule is Cc1ccc(-c2cc(C(=O)Nc3cc(Cl)ccc3C)c3cc(C)cc(C)c3n2)cc1. The molecule has 4 aromatic rings. The smallest absolute Gasteiger partial charge is 0.256 e. The van der Waals surface area contributed by atoms with E-state index in [2.05, 4.69) is 30.4 Å². The number of hydrogen-bond acceptors (Lipinski definition) is 2. The predicted octanol–water partition coefficient (Wildman–Crippen LogP) is 7.04. The molecule has 4 rings (SSSR count). The number of hydrogen-bond donors (Lipinski definition) is 1. The van der Waals surface area contributed by atoms with Crippen LogP contribution in [0.3, 0.4) is 0 Å². The molecule has 1 heterocycles. The lowest BCUT2D eigenvalue weighted by atomic mass is 9.99. The zero-order chi connectivity index (χ0) is 21.4. The maximum atomic E-state index is 13.4. The Morgan fingerprint density at radius 3 is 2.30 bits per heavy atom. The molecule has 150 valence electrons. The minimum absolute atomic E-state index is 0.175. The van der Waals surface area contributed by atoms with Crippen LogP contribution < -0.4 is 5.32 Å². The van der Waals surface area contributed by atoms with Crippen molar-refractivity contribution < 1.29 is 4.79 Å². The number of aryl methyl sites for hydroxylation is 4. The summed E-state index contributed by atoms with van der Waals surface area (Å²) in [4.78, 5) is 18.3. The number of amides is 1. The first kappa shape index (κ1) is 20.1. The molecular formula is C26H23ClN2O. The van der Waals surface area contributed by atoms with Crippen molar-refractivity contribution in [3.8, 4) is 11.3 Å². The summed E-state index contributed by atoms with van der Waals surface area (Å²) in [5, 5.41) is 4.47. The molecular weight excluding hydrogens is 392 g/mol. The quantitative estimate of drug-likeness (QED) is 0.390. The lowest BCUT2D eigenvalue weighted by Gasteiger charge is -2.14. The third-order valence-corrected chi connectivity index (χ3v) is 5.52. The normalized spacial score (nSPS) is 11.0. The highest BCUT2D eigenvalue weighted by atomic mass is 35.5. The van der Waals surface area contributed by atoms with Crippen molar-refractivity contribution in [1.82, 2.24) is 4.98 Å². The molecule has 0 saturated heterocycles. The Morgan fingerprint density at radius 2 is 1.57 bits per heavy atom. The largest absolute Gasteiger partial charge is 0.322 e. The zero-order valence-corrected chi connectivity index (χ0v) is 18.3. The fourth-order valence-corrected chi connectivity index (χ4v) is 3.83. The molecule has 0 fully saturated rings. The van der Waals surface area contributed by atoms with Crippen LogP contribution in [0.2, 0.25) is 5.02 Å². The van der Waals surface area contributed by atoms with Crippen molar-refractivity contribution in [1.29, 1.82) is 0 Å². The van der Waals surface area contributed by atoms with E-state index in [0.29, 0.717) is 16.3 Å². The van der Waals surface area contributed by atoms with E-state index in [1.807, 2.05) is 57.2 Å². The van der Waals surface area contributed by atoms with E-state index in [0.717, 1.165) is 38.9 Å². The minimum Gasteiger partial charge on any atom is -0.322 e. The van der Waals surface area contributed by atoms with Gasteiger partial charge in [0.1, 0.15) is 0 Å². The van der Waals surface area contributed by atoms with E-state index in [1.54, 1.807) is 6.07 Å². The summed E-state index contributed by atoms with van der Waals surface area (Å²) in [6.45, 7) is 8.06. The first-order valence-electron chi connectivity index (χ1n) is 9.88. The Bertz CT molecular complexity index is 1280. The van der Waals surface area contributed by atoms with Crippen LogP contribution in [-0.2, 0) is 0 Å². The molecule has 0 unspecified atom stereocenters. The fourth-order valence-electron chi connectivity index (χ4n) is 3.66. The van der Waals surface area contributed by atoms with Crippen LogP contribution in [0, 0.1) is 27.7 Å². The van der Waals surface area contributed by atoms with Crippen molar-refractivity contribution in [2.75, 3.05) is 5.32 Å². The monoisotopic (exact) mass is 414 g/mol. The zero-order valence-electron chi connectivity index (χ0n) is 17.5. The molecule has 3 nitrogen and oxygen atoms in total. The Hall–Kier alpha value is -3.17. The number of nitrogens with one attached hydrogen (secondary N) is 1. The van der Waals surface area contributed by atoms with Gasteiger partial charge in [0.05, 0.1) is 16.8 Å². The van der Waals surface area contributed by atoms with Crippen LogP contribution in [0.25, 0.3) is 22.2 Å². The molecule has 1 N–H and O–H groups in total. The van der Waals surface area contributed by atoms with E-state index < -0.39 is 0 Å². The Labute approximate surface area is 181 Å². The molecule has 0 spiro atoms. The van der Waals surface area contributed by atoms with Crippen LogP contribution >= 0.6 is 11.6 Å². The van der Waals surface area contributed by atoms with Gasteiger partial charge in [0.25, 0.3) is 5.91 Å². The summed E-state index contributed by atoms with van der Waals surface area (Å²) in [5.41, 5.74) is 8.19. The maximum absolute atomic E-state index is 13.4. The molecule has 0 saturated carbocycles. The number of nitrogens with zero attached hydrogens (tertiary/aromatic N) is 1.